The Labute approximate surface area is 129 Å². The van der Waals surface area contributed by atoms with Gasteiger partial charge in [0.15, 0.2) is 0 Å². The monoisotopic (exact) mass is 295 g/mol. The minimum atomic E-state index is -0.502. The van der Waals surface area contributed by atoms with Crippen LogP contribution in [-0.2, 0) is 6.54 Å². The lowest BCUT2D eigenvalue weighted by Gasteiger charge is -2.09. The van der Waals surface area contributed by atoms with E-state index in [2.05, 4.69) is 10.6 Å². The third kappa shape index (κ3) is 4.33. The van der Waals surface area contributed by atoms with Crippen molar-refractivity contribution < 1.29 is 9.90 Å². The molecular weight excluding hydrogens is 278 g/mol. The maximum absolute atomic E-state index is 11.8. The summed E-state index contributed by atoms with van der Waals surface area (Å²) in [4.78, 5) is 11.8. The van der Waals surface area contributed by atoms with Gasteiger partial charge in [0.05, 0.1) is 17.7 Å². The molecule has 0 radical (unpaired) electrons. The molecule has 0 aliphatic rings. The number of carbonyl (C=O) groups excluding carboxylic acids is 1. The highest BCUT2D eigenvalue weighted by molar-refractivity contribution is 5.89. The number of hydrogen-bond donors (Lipinski definition) is 3. The molecule has 3 N–H and O–H groups in total. The van der Waals surface area contributed by atoms with Gasteiger partial charge in [0, 0.05) is 12.2 Å². The third-order valence-electron chi connectivity index (χ3n) is 3.16. The van der Waals surface area contributed by atoms with E-state index >= 15 is 0 Å². The van der Waals surface area contributed by atoms with Gasteiger partial charge in [0.1, 0.15) is 0 Å². The number of nitriles is 1. The van der Waals surface area contributed by atoms with E-state index in [4.69, 9.17) is 5.26 Å². The van der Waals surface area contributed by atoms with Gasteiger partial charge in [-0.1, -0.05) is 30.3 Å². The summed E-state index contributed by atoms with van der Waals surface area (Å²) in [5.74, 6) is 0. The smallest absolute Gasteiger partial charge is 0.319 e. The number of nitrogens with zero attached hydrogens (tertiary/aromatic N) is 1. The molecule has 0 bridgehead atoms. The quantitative estimate of drug-likeness (QED) is 0.810. The van der Waals surface area contributed by atoms with Gasteiger partial charge >= 0.3 is 6.03 Å². The predicted molar refractivity (Wildman–Crippen MR) is 84.1 cm³/mol. The Morgan fingerprint density at radius 3 is 2.64 bits per heavy atom. The highest BCUT2D eigenvalue weighted by Crippen LogP contribution is 2.13. The molecule has 5 heteroatoms. The van der Waals surface area contributed by atoms with Crippen LogP contribution in [0.5, 0.6) is 0 Å². The van der Waals surface area contributed by atoms with Crippen molar-refractivity contribution >= 4 is 11.7 Å². The topological polar surface area (TPSA) is 85.2 Å². The lowest BCUT2D eigenvalue weighted by Crippen LogP contribution is -2.28. The first-order valence-electron chi connectivity index (χ1n) is 6.90. The first kappa shape index (κ1) is 15.5. The number of nitrogens with one attached hydrogen (secondary N) is 2. The summed E-state index contributed by atoms with van der Waals surface area (Å²) in [5.41, 5.74) is 2.83. The molecule has 2 aromatic rings. The van der Waals surface area contributed by atoms with E-state index in [1.54, 1.807) is 31.2 Å². The van der Waals surface area contributed by atoms with Crippen LogP contribution in [0.15, 0.2) is 48.5 Å². The van der Waals surface area contributed by atoms with Crippen LogP contribution in [0.1, 0.15) is 29.7 Å². The fourth-order valence-electron chi connectivity index (χ4n) is 1.94. The molecule has 2 rings (SSSR count). The normalized spacial score (nSPS) is 11.3. The average Bonchev–Trinajstić information content (AvgIpc) is 2.53. The molecule has 0 aliphatic carbocycles. The standard InChI is InChI=1S/C17H17N3O2/c1-12(21)15-7-5-13(6-8-15)11-19-17(22)20-16-4-2-3-14(9-16)10-18/h2-9,12,21H,11H2,1H3,(H2,19,20,22). The molecule has 0 spiro atoms. The van der Waals surface area contributed by atoms with Gasteiger partial charge in [0.2, 0.25) is 0 Å². The second kappa shape index (κ2) is 7.25. The zero-order valence-electron chi connectivity index (χ0n) is 12.2. The van der Waals surface area contributed by atoms with Gasteiger partial charge in [0.25, 0.3) is 0 Å². The predicted octanol–water partition coefficient (Wildman–Crippen LogP) is 2.93. The first-order chi connectivity index (χ1) is 10.6. The maximum atomic E-state index is 11.8. The number of aliphatic hydroxyl groups is 1. The lowest BCUT2D eigenvalue weighted by molar-refractivity contribution is 0.199. The highest BCUT2D eigenvalue weighted by Gasteiger charge is 2.04. The number of carbonyl (C=O) groups is 1. The minimum absolute atomic E-state index is 0.338. The number of urea groups is 1. The molecule has 1 unspecified atom stereocenters. The van der Waals surface area contributed by atoms with E-state index < -0.39 is 6.10 Å². The van der Waals surface area contributed by atoms with E-state index in [1.807, 2.05) is 30.3 Å². The molecular formula is C17H17N3O2. The van der Waals surface area contributed by atoms with Gasteiger partial charge < -0.3 is 15.7 Å². The third-order valence-corrected chi connectivity index (χ3v) is 3.16. The molecule has 112 valence electrons. The van der Waals surface area contributed by atoms with E-state index in [-0.39, 0.29) is 6.03 Å². The van der Waals surface area contributed by atoms with Crippen molar-refractivity contribution in [2.45, 2.75) is 19.6 Å². The largest absolute Gasteiger partial charge is 0.389 e. The summed E-state index contributed by atoms with van der Waals surface area (Å²) in [5, 5.41) is 23.7. The molecule has 2 amide bonds. The van der Waals surface area contributed by atoms with Crippen LogP contribution in [0.3, 0.4) is 0 Å². The lowest BCUT2D eigenvalue weighted by atomic mass is 10.1. The molecule has 22 heavy (non-hydrogen) atoms. The van der Waals surface area contributed by atoms with Crippen molar-refractivity contribution in [2.24, 2.45) is 0 Å². The van der Waals surface area contributed by atoms with E-state index in [9.17, 15) is 9.90 Å². The van der Waals surface area contributed by atoms with Crippen molar-refractivity contribution in [3.05, 3.63) is 65.2 Å². The molecule has 0 fully saturated rings. The summed E-state index contributed by atoms with van der Waals surface area (Å²) >= 11 is 0. The Hall–Kier alpha value is -2.84. The fraction of sp³-hybridized carbons (Fsp3) is 0.176. The first-order valence-corrected chi connectivity index (χ1v) is 6.90. The van der Waals surface area contributed by atoms with Crippen LogP contribution in [-0.4, -0.2) is 11.1 Å². The van der Waals surface area contributed by atoms with Gasteiger partial charge in [-0.15, -0.1) is 0 Å². The molecule has 0 heterocycles. The van der Waals surface area contributed by atoms with Crippen molar-refractivity contribution in [3.63, 3.8) is 0 Å². The summed E-state index contributed by atoms with van der Waals surface area (Å²) in [6, 6.07) is 15.8. The zero-order valence-corrected chi connectivity index (χ0v) is 12.2. The SMILES string of the molecule is CC(O)c1ccc(CNC(=O)Nc2cccc(C#N)c2)cc1. The van der Waals surface area contributed by atoms with Crippen LogP contribution in [0.2, 0.25) is 0 Å². The van der Waals surface area contributed by atoms with Gasteiger partial charge in [-0.3, -0.25) is 0 Å². The van der Waals surface area contributed by atoms with Crippen molar-refractivity contribution in [3.8, 4) is 6.07 Å². The van der Waals surface area contributed by atoms with Crippen molar-refractivity contribution in [2.75, 3.05) is 5.32 Å². The number of amides is 2. The molecule has 0 saturated heterocycles. The van der Waals surface area contributed by atoms with Gasteiger partial charge in [-0.25, -0.2) is 4.79 Å². The van der Waals surface area contributed by atoms with Crippen LogP contribution in [0.4, 0.5) is 10.5 Å². The molecule has 0 aromatic heterocycles. The van der Waals surface area contributed by atoms with Crippen LogP contribution >= 0.6 is 0 Å². The summed E-state index contributed by atoms with van der Waals surface area (Å²) in [6.07, 6.45) is -0.502. The average molecular weight is 295 g/mol. The van der Waals surface area contributed by atoms with E-state index in [0.29, 0.717) is 17.8 Å². The van der Waals surface area contributed by atoms with Gasteiger partial charge in [-0.2, -0.15) is 5.26 Å². The number of aliphatic hydroxyl groups excluding tert-OH is 1. The highest BCUT2D eigenvalue weighted by atomic mass is 16.3. The zero-order chi connectivity index (χ0) is 15.9. The molecule has 1 atom stereocenters. The van der Waals surface area contributed by atoms with E-state index in [0.717, 1.165) is 11.1 Å². The second-order valence-electron chi connectivity index (χ2n) is 4.92. The molecule has 0 saturated carbocycles. The Morgan fingerprint density at radius 2 is 2.00 bits per heavy atom. The minimum Gasteiger partial charge on any atom is -0.389 e. The van der Waals surface area contributed by atoms with Crippen LogP contribution in [0.25, 0.3) is 0 Å². The van der Waals surface area contributed by atoms with Crippen molar-refractivity contribution in [1.29, 1.82) is 5.26 Å². The number of rotatable bonds is 4. The summed E-state index contributed by atoms with van der Waals surface area (Å²) < 4.78 is 0. The van der Waals surface area contributed by atoms with Crippen LogP contribution in [0, 0.1) is 11.3 Å². The number of anilines is 1. The van der Waals surface area contributed by atoms with E-state index in [1.165, 1.54) is 0 Å². The van der Waals surface area contributed by atoms with Crippen molar-refractivity contribution in [1.82, 2.24) is 5.32 Å². The van der Waals surface area contributed by atoms with Gasteiger partial charge in [-0.05, 0) is 36.2 Å². The summed E-state index contributed by atoms with van der Waals surface area (Å²) in [7, 11) is 0. The summed E-state index contributed by atoms with van der Waals surface area (Å²) in [6.45, 7) is 2.08. The molecule has 2 aromatic carbocycles. The Bertz CT molecular complexity index is 688. The second-order valence-corrected chi connectivity index (χ2v) is 4.92. The molecule has 0 aliphatic heterocycles. The maximum Gasteiger partial charge on any atom is 0.319 e. The Balaban J connectivity index is 1.88. The number of hydrogen-bond acceptors (Lipinski definition) is 3. The fourth-order valence-corrected chi connectivity index (χ4v) is 1.94. The number of benzene rings is 2. The molecule has 5 nitrogen and oxygen atoms in total. The Kier molecular flexibility index (Phi) is 5.12. The van der Waals surface area contributed by atoms with Crippen LogP contribution < -0.4 is 10.6 Å². The Morgan fingerprint density at radius 1 is 1.27 bits per heavy atom.